The van der Waals surface area contributed by atoms with Crippen LogP contribution in [0.4, 0.5) is 0 Å². The highest BCUT2D eigenvalue weighted by molar-refractivity contribution is 5.89. The topological polar surface area (TPSA) is 71.5 Å². The quantitative estimate of drug-likeness (QED) is 0.833. The van der Waals surface area contributed by atoms with Gasteiger partial charge in [-0.1, -0.05) is 24.3 Å². The van der Waals surface area contributed by atoms with E-state index in [4.69, 9.17) is 4.74 Å². The number of carbonyl (C=O) groups excluding carboxylic acids is 2. The minimum Gasteiger partial charge on any atom is -0.438 e. The van der Waals surface area contributed by atoms with Gasteiger partial charge in [0, 0.05) is 37.3 Å². The molecule has 3 rings (SSSR count). The lowest BCUT2D eigenvalue weighted by Gasteiger charge is -2.20. The maximum Gasteiger partial charge on any atom is 0.225 e. The number of aromatic nitrogens is 1. The number of nitrogens with zero attached hydrogens (tertiary/aromatic N) is 2. The van der Waals surface area contributed by atoms with Gasteiger partial charge in [-0.3, -0.25) is 9.59 Å². The van der Waals surface area contributed by atoms with Crippen LogP contribution >= 0.6 is 0 Å². The van der Waals surface area contributed by atoms with Crippen molar-refractivity contribution >= 4 is 11.8 Å². The molecule has 1 fully saturated rings. The first-order valence-corrected chi connectivity index (χ1v) is 9.62. The third-order valence-electron chi connectivity index (χ3n) is 5.06. The number of ether oxygens (including phenoxy) is 1. The Morgan fingerprint density at radius 2 is 1.96 bits per heavy atom. The highest BCUT2D eigenvalue weighted by atomic mass is 16.5. The van der Waals surface area contributed by atoms with Crippen LogP contribution in [0.2, 0.25) is 0 Å². The Hall–Kier alpha value is -2.89. The monoisotopic (exact) mass is 381 g/mol. The fourth-order valence-corrected chi connectivity index (χ4v) is 3.44. The predicted octanol–water partition coefficient (Wildman–Crippen LogP) is 3.36. The Bertz CT molecular complexity index is 859. The van der Waals surface area contributed by atoms with Gasteiger partial charge in [0.05, 0.1) is 5.92 Å². The summed E-state index contributed by atoms with van der Waals surface area (Å²) in [6.07, 6.45) is 1.94. The standard InChI is InChI=1S/C22H27N3O3/c1-14(2)25-13-18(11-19(25)26)21(27)24-12-17-9-6-10-23-22(17)28-20-15(3)7-5-8-16(20)4/h5-10,14,18H,11-13H2,1-4H3,(H,24,27)/t18-/m1/s1. The van der Waals surface area contributed by atoms with Crippen LogP contribution in [0, 0.1) is 19.8 Å². The first-order chi connectivity index (χ1) is 13.4. The van der Waals surface area contributed by atoms with Gasteiger partial charge >= 0.3 is 0 Å². The van der Waals surface area contributed by atoms with Crippen LogP contribution in [0.1, 0.15) is 37.0 Å². The van der Waals surface area contributed by atoms with Crippen molar-refractivity contribution in [2.45, 2.75) is 46.7 Å². The van der Waals surface area contributed by atoms with Crippen LogP contribution in [0.5, 0.6) is 11.6 Å². The van der Waals surface area contributed by atoms with E-state index in [0.717, 1.165) is 22.4 Å². The van der Waals surface area contributed by atoms with Gasteiger partial charge in [-0.25, -0.2) is 4.98 Å². The van der Waals surface area contributed by atoms with E-state index in [9.17, 15) is 9.59 Å². The van der Waals surface area contributed by atoms with E-state index in [2.05, 4.69) is 10.3 Å². The van der Waals surface area contributed by atoms with E-state index < -0.39 is 0 Å². The van der Waals surface area contributed by atoms with E-state index in [0.29, 0.717) is 19.0 Å². The first-order valence-electron chi connectivity index (χ1n) is 9.62. The molecule has 0 aliphatic carbocycles. The normalized spacial score (nSPS) is 16.5. The largest absolute Gasteiger partial charge is 0.438 e. The number of amides is 2. The van der Waals surface area contributed by atoms with E-state index in [1.807, 2.05) is 58.0 Å². The number of likely N-dealkylation sites (tertiary alicyclic amines) is 1. The Labute approximate surface area is 165 Å². The summed E-state index contributed by atoms with van der Waals surface area (Å²) < 4.78 is 6.07. The van der Waals surface area contributed by atoms with Crippen molar-refractivity contribution in [3.63, 3.8) is 0 Å². The number of aryl methyl sites for hydroxylation is 2. The summed E-state index contributed by atoms with van der Waals surface area (Å²) >= 11 is 0. The molecule has 2 heterocycles. The summed E-state index contributed by atoms with van der Waals surface area (Å²) in [6, 6.07) is 9.78. The molecule has 0 spiro atoms. The minimum absolute atomic E-state index is 0.0376. The van der Waals surface area contributed by atoms with Crippen molar-refractivity contribution in [2.24, 2.45) is 5.92 Å². The number of carbonyl (C=O) groups is 2. The van der Waals surface area contributed by atoms with Gasteiger partial charge in [0.15, 0.2) is 0 Å². The maximum absolute atomic E-state index is 12.6. The number of nitrogens with one attached hydrogen (secondary N) is 1. The van der Waals surface area contributed by atoms with E-state index >= 15 is 0 Å². The second-order valence-electron chi connectivity index (χ2n) is 7.55. The van der Waals surface area contributed by atoms with Crippen molar-refractivity contribution < 1.29 is 14.3 Å². The number of benzene rings is 1. The average molecular weight is 381 g/mol. The number of pyridine rings is 1. The molecule has 1 saturated heterocycles. The second-order valence-corrected chi connectivity index (χ2v) is 7.55. The number of hydrogen-bond acceptors (Lipinski definition) is 4. The molecule has 1 aliphatic heterocycles. The lowest BCUT2D eigenvalue weighted by molar-refractivity contribution is -0.130. The summed E-state index contributed by atoms with van der Waals surface area (Å²) in [5.41, 5.74) is 2.85. The molecule has 0 radical (unpaired) electrons. The molecule has 0 saturated carbocycles. The SMILES string of the molecule is Cc1cccc(C)c1Oc1ncccc1CNC(=O)[C@@H]1CC(=O)N(C(C)C)C1. The Balaban J connectivity index is 1.67. The van der Waals surface area contributed by atoms with Crippen LogP contribution in [0.25, 0.3) is 0 Å². The Morgan fingerprint density at radius 1 is 1.25 bits per heavy atom. The van der Waals surface area contributed by atoms with Crippen LogP contribution in [-0.4, -0.2) is 34.3 Å². The predicted molar refractivity (Wildman–Crippen MR) is 107 cm³/mol. The van der Waals surface area contributed by atoms with Gasteiger partial charge in [0.25, 0.3) is 0 Å². The van der Waals surface area contributed by atoms with Gasteiger partial charge < -0.3 is 15.0 Å². The number of rotatable bonds is 6. The molecule has 2 amide bonds. The third-order valence-corrected chi connectivity index (χ3v) is 5.06. The fraction of sp³-hybridized carbons (Fsp3) is 0.409. The maximum atomic E-state index is 12.6. The van der Waals surface area contributed by atoms with Crippen LogP contribution in [0.3, 0.4) is 0 Å². The van der Waals surface area contributed by atoms with Crippen molar-refractivity contribution in [2.75, 3.05) is 6.54 Å². The molecule has 1 aromatic carbocycles. The first kappa shape index (κ1) is 19.9. The van der Waals surface area contributed by atoms with Gasteiger partial charge in [-0.05, 0) is 44.9 Å². The molecule has 0 bridgehead atoms. The van der Waals surface area contributed by atoms with E-state index in [1.54, 1.807) is 11.1 Å². The zero-order valence-electron chi connectivity index (χ0n) is 16.9. The van der Waals surface area contributed by atoms with Crippen LogP contribution < -0.4 is 10.1 Å². The fourth-order valence-electron chi connectivity index (χ4n) is 3.44. The summed E-state index contributed by atoms with van der Waals surface area (Å²) in [5, 5.41) is 2.94. The summed E-state index contributed by atoms with van der Waals surface area (Å²) in [5.74, 6) is 0.873. The average Bonchev–Trinajstić information content (AvgIpc) is 3.06. The molecular formula is C22H27N3O3. The van der Waals surface area contributed by atoms with Gasteiger partial charge in [0.2, 0.25) is 17.7 Å². The molecule has 148 valence electrons. The Morgan fingerprint density at radius 3 is 2.61 bits per heavy atom. The highest BCUT2D eigenvalue weighted by Gasteiger charge is 2.35. The highest BCUT2D eigenvalue weighted by Crippen LogP contribution is 2.29. The molecule has 2 aromatic rings. The van der Waals surface area contributed by atoms with Gasteiger partial charge in [-0.2, -0.15) is 0 Å². The van der Waals surface area contributed by atoms with E-state index in [-0.39, 0.29) is 30.2 Å². The van der Waals surface area contributed by atoms with Crippen molar-refractivity contribution in [3.05, 3.63) is 53.2 Å². The molecule has 28 heavy (non-hydrogen) atoms. The molecule has 6 nitrogen and oxygen atoms in total. The number of para-hydroxylation sites is 1. The zero-order valence-corrected chi connectivity index (χ0v) is 16.9. The number of hydrogen-bond donors (Lipinski definition) is 1. The molecule has 1 N–H and O–H groups in total. The summed E-state index contributed by atoms with van der Waals surface area (Å²) in [6.45, 7) is 8.69. The second kappa shape index (κ2) is 8.42. The summed E-state index contributed by atoms with van der Waals surface area (Å²) in [4.78, 5) is 30.7. The van der Waals surface area contributed by atoms with Crippen molar-refractivity contribution in [1.29, 1.82) is 0 Å². The Kier molecular flexibility index (Phi) is 5.97. The van der Waals surface area contributed by atoms with Crippen molar-refractivity contribution in [1.82, 2.24) is 15.2 Å². The molecule has 1 aliphatic rings. The third kappa shape index (κ3) is 4.32. The van der Waals surface area contributed by atoms with Crippen LogP contribution in [-0.2, 0) is 16.1 Å². The molecular weight excluding hydrogens is 354 g/mol. The van der Waals surface area contributed by atoms with E-state index in [1.165, 1.54) is 0 Å². The van der Waals surface area contributed by atoms with Gasteiger partial charge in [0.1, 0.15) is 5.75 Å². The van der Waals surface area contributed by atoms with Crippen molar-refractivity contribution in [3.8, 4) is 11.6 Å². The minimum atomic E-state index is -0.311. The van der Waals surface area contributed by atoms with Crippen LogP contribution in [0.15, 0.2) is 36.5 Å². The molecule has 1 atom stereocenters. The lowest BCUT2D eigenvalue weighted by atomic mass is 10.1. The lowest BCUT2D eigenvalue weighted by Crippen LogP contribution is -2.35. The smallest absolute Gasteiger partial charge is 0.225 e. The molecule has 1 aromatic heterocycles. The zero-order chi connectivity index (χ0) is 20.3. The molecule has 6 heteroatoms. The summed E-state index contributed by atoms with van der Waals surface area (Å²) in [7, 11) is 0. The van der Waals surface area contributed by atoms with Gasteiger partial charge in [-0.15, -0.1) is 0 Å². The molecule has 0 unspecified atom stereocenters.